The summed E-state index contributed by atoms with van der Waals surface area (Å²) in [6.07, 6.45) is -0.661. The van der Waals surface area contributed by atoms with Crippen LogP contribution in [0, 0.1) is 0 Å². The second-order valence-electron chi connectivity index (χ2n) is 2.57. The zero-order valence-corrected chi connectivity index (χ0v) is 8.20. The maximum Gasteiger partial charge on any atom is 0.123 e. The van der Waals surface area contributed by atoms with Crippen molar-refractivity contribution in [3.05, 3.63) is 29.0 Å². The average Bonchev–Trinajstić information content (AvgIpc) is 2.17. The molecule has 1 aromatic rings. The Balaban J connectivity index is 2.77. The van der Waals surface area contributed by atoms with E-state index in [0.717, 1.165) is 0 Å². The summed E-state index contributed by atoms with van der Waals surface area (Å²) in [6.45, 7) is 0. The van der Waals surface area contributed by atoms with Crippen molar-refractivity contribution in [3.8, 4) is 0 Å². The average molecular weight is 222 g/mol. The van der Waals surface area contributed by atoms with Crippen molar-refractivity contribution in [2.75, 3.05) is 5.88 Å². The molecule has 0 spiro atoms. The van der Waals surface area contributed by atoms with Gasteiger partial charge in [-0.05, 0) is 12.1 Å². The number of hydrogen-bond donors (Lipinski definition) is 2. The molecule has 1 aromatic heterocycles. The Bertz CT molecular complexity index is 265. The van der Waals surface area contributed by atoms with Gasteiger partial charge in [0.25, 0.3) is 0 Å². The highest BCUT2D eigenvalue weighted by Gasteiger charge is 2.17. The van der Waals surface area contributed by atoms with Gasteiger partial charge >= 0.3 is 0 Å². The number of aromatic nitrogens is 1. The van der Waals surface area contributed by atoms with Crippen LogP contribution in [0.5, 0.6) is 0 Å². The predicted molar refractivity (Wildman–Crippen MR) is 50.9 cm³/mol. The van der Waals surface area contributed by atoms with Crippen molar-refractivity contribution in [3.63, 3.8) is 0 Å². The molecule has 2 N–H and O–H groups in total. The number of pyridine rings is 1. The summed E-state index contributed by atoms with van der Waals surface area (Å²) in [5, 5.41) is 19.1. The predicted octanol–water partition coefficient (Wildman–Crippen LogP) is 1.37. The van der Waals surface area contributed by atoms with Crippen molar-refractivity contribution in [2.24, 2.45) is 0 Å². The Hall–Kier alpha value is -0.350. The van der Waals surface area contributed by atoms with Crippen LogP contribution in [0.1, 0.15) is 11.8 Å². The van der Waals surface area contributed by atoms with Crippen LogP contribution in [0.2, 0.25) is 5.02 Å². The summed E-state index contributed by atoms with van der Waals surface area (Å²) in [6, 6.07) is 3.14. The van der Waals surface area contributed by atoms with Gasteiger partial charge in [-0.15, -0.1) is 11.6 Å². The lowest BCUT2D eigenvalue weighted by Gasteiger charge is -2.14. The fraction of sp³-hybridized carbons (Fsp3) is 0.375. The van der Waals surface area contributed by atoms with E-state index in [1.165, 1.54) is 6.20 Å². The Morgan fingerprint density at radius 1 is 1.38 bits per heavy atom. The fourth-order valence-electron chi connectivity index (χ4n) is 0.844. The molecule has 0 aliphatic carbocycles. The lowest BCUT2D eigenvalue weighted by molar-refractivity contribution is 0.0300. The molecule has 0 aliphatic heterocycles. The maximum absolute atomic E-state index is 9.44. The molecule has 2 unspecified atom stereocenters. The Kier molecular flexibility index (Phi) is 3.93. The summed E-state index contributed by atoms with van der Waals surface area (Å²) in [4.78, 5) is 3.85. The van der Waals surface area contributed by atoms with Crippen LogP contribution in [-0.4, -0.2) is 27.2 Å². The first kappa shape index (κ1) is 10.7. The van der Waals surface area contributed by atoms with Gasteiger partial charge in [0.1, 0.15) is 6.10 Å². The first-order chi connectivity index (χ1) is 6.15. The Morgan fingerprint density at radius 2 is 2.08 bits per heavy atom. The van der Waals surface area contributed by atoms with Crippen molar-refractivity contribution in [2.45, 2.75) is 12.2 Å². The molecule has 5 heteroatoms. The molecular formula is C8H9Cl2NO2. The van der Waals surface area contributed by atoms with E-state index < -0.39 is 12.2 Å². The third kappa shape index (κ3) is 2.81. The SMILES string of the molecule is OC(CCl)C(O)c1ccc(Cl)cn1. The van der Waals surface area contributed by atoms with E-state index in [0.29, 0.717) is 10.7 Å². The van der Waals surface area contributed by atoms with E-state index in [4.69, 9.17) is 23.2 Å². The van der Waals surface area contributed by atoms with Gasteiger partial charge in [0.05, 0.1) is 22.7 Å². The van der Waals surface area contributed by atoms with Crippen molar-refractivity contribution < 1.29 is 10.2 Å². The smallest absolute Gasteiger partial charge is 0.123 e. The zero-order valence-electron chi connectivity index (χ0n) is 6.69. The fourth-order valence-corrected chi connectivity index (χ4v) is 1.12. The summed E-state index contributed by atoms with van der Waals surface area (Å²) in [7, 11) is 0. The second-order valence-corrected chi connectivity index (χ2v) is 3.31. The summed E-state index contributed by atoms with van der Waals surface area (Å²) >= 11 is 11.0. The molecule has 13 heavy (non-hydrogen) atoms. The third-order valence-electron chi connectivity index (χ3n) is 1.58. The van der Waals surface area contributed by atoms with Crippen molar-refractivity contribution in [1.82, 2.24) is 4.98 Å². The molecule has 0 saturated carbocycles. The van der Waals surface area contributed by atoms with E-state index in [1.54, 1.807) is 12.1 Å². The standard InChI is InChI=1S/C8H9Cl2NO2/c9-3-7(12)8(13)6-2-1-5(10)4-11-6/h1-2,4,7-8,12-13H,3H2. The van der Waals surface area contributed by atoms with E-state index in [9.17, 15) is 10.2 Å². The molecule has 0 bridgehead atoms. The van der Waals surface area contributed by atoms with Gasteiger partial charge in [-0.3, -0.25) is 4.98 Å². The van der Waals surface area contributed by atoms with Crippen LogP contribution in [-0.2, 0) is 0 Å². The van der Waals surface area contributed by atoms with Gasteiger partial charge in [0.15, 0.2) is 0 Å². The summed E-state index contributed by atoms with van der Waals surface area (Å²) in [5.74, 6) is -0.0362. The molecule has 3 nitrogen and oxygen atoms in total. The van der Waals surface area contributed by atoms with Crippen LogP contribution in [0.25, 0.3) is 0 Å². The highest BCUT2D eigenvalue weighted by Crippen LogP contribution is 2.16. The van der Waals surface area contributed by atoms with Crippen molar-refractivity contribution in [1.29, 1.82) is 0 Å². The molecule has 0 aromatic carbocycles. The highest BCUT2D eigenvalue weighted by molar-refractivity contribution is 6.30. The molecular weight excluding hydrogens is 213 g/mol. The minimum atomic E-state index is -1.06. The Labute approximate surface area is 85.9 Å². The second kappa shape index (κ2) is 4.77. The number of alkyl halides is 1. The normalized spacial score (nSPS) is 15.4. The quantitative estimate of drug-likeness (QED) is 0.759. The van der Waals surface area contributed by atoms with Crippen LogP contribution in [0.3, 0.4) is 0 Å². The maximum atomic E-state index is 9.44. The molecule has 0 saturated heterocycles. The molecule has 72 valence electrons. The molecule has 1 rings (SSSR count). The molecule has 0 fully saturated rings. The summed E-state index contributed by atoms with van der Waals surface area (Å²) < 4.78 is 0. The van der Waals surface area contributed by atoms with Gasteiger partial charge < -0.3 is 10.2 Å². The third-order valence-corrected chi connectivity index (χ3v) is 2.12. The van der Waals surface area contributed by atoms with Gasteiger partial charge in [0, 0.05) is 6.20 Å². The first-order valence-corrected chi connectivity index (χ1v) is 4.60. The molecule has 2 atom stereocenters. The number of aliphatic hydroxyl groups excluding tert-OH is 2. The van der Waals surface area contributed by atoms with Crippen LogP contribution < -0.4 is 0 Å². The Morgan fingerprint density at radius 3 is 2.54 bits per heavy atom. The topological polar surface area (TPSA) is 53.4 Å². The largest absolute Gasteiger partial charge is 0.389 e. The number of aliphatic hydroxyl groups is 2. The highest BCUT2D eigenvalue weighted by atomic mass is 35.5. The van der Waals surface area contributed by atoms with E-state index >= 15 is 0 Å². The minimum absolute atomic E-state index is 0.0362. The van der Waals surface area contributed by atoms with Crippen molar-refractivity contribution >= 4 is 23.2 Å². The molecule has 0 aliphatic rings. The van der Waals surface area contributed by atoms with Gasteiger partial charge in [-0.25, -0.2) is 0 Å². The number of halogens is 2. The molecule has 0 radical (unpaired) electrons. The van der Waals surface area contributed by atoms with Gasteiger partial charge in [-0.1, -0.05) is 11.6 Å². The minimum Gasteiger partial charge on any atom is -0.389 e. The van der Waals surface area contributed by atoms with E-state index in [1.807, 2.05) is 0 Å². The zero-order chi connectivity index (χ0) is 9.84. The molecule has 0 amide bonds. The first-order valence-electron chi connectivity index (χ1n) is 3.68. The van der Waals surface area contributed by atoms with Gasteiger partial charge in [-0.2, -0.15) is 0 Å². The van der Waals surface area contributed by atoms with Crippen LogP contribution >= 0.6 is 23.2 Å². The number of hydrogen-bond acceptors (Lipinski definition) is 3. The van der Waals surface area contributed by atoms with Crippen LogP contribution in [0.15, 0.2) is 18.3 Å². The van der Waals surface area contributed by atoms with Gasteiger partial charge in [0.2, 0.25) is 0 Å². The number of nitrogens with zero attached hydrogens (tertiary/aromatic N) is 1. The lowest BCUT2D eigenvalue weighted by atomic mass is 10.1. The molecule has 1 heterocycles. The summed E-state index contributed by atoms with van der Waals surface area (Å²) in [5.41, 5.74) is 0.359. The van der Waals surface area contributed by atoms with E-state index in [2.05, 4.69) is 4.98 Å². The van der Waals surface area contributed by atoms with E-state index in [-0.39, 0.29) is 5.88 Å². The lowest BCUT2D eigenvalue weighted by Crippen LogP contribution is -2.20. The van der Waals surface area contributed by atoms with Crippen LogP contribution in [0.4, 0.5) is 0 Å². The monoisotopic (exact) mass is 221 g/mol. The number of rotatable bonds is 3.